The molecule has 62 heavy (non-hydrogen) atoms. The van der Waals surface area contributed by atoms with Crippen molar-refractivity contribution in [1.29, 1.82) is 0 Å². The lowest BCUT2D eigenvalue weighted by Gasteiger charge is -2.38. The first-order valence-electron chi connectivity index (χ1n) is 21.4. The van der Waals surface area contributed by atoms with Crippen LogP contribution < -0.4 is 4.90 Å². The molecule has 0 fully saturated rings. The smallest absolute Gasteiger partial charge is 0.0713 e. The van der Waals surface area contributed by atoms with E-state index in [1.807, 2.05) is 0 Å². The zero-order chi connectivity index (χ0) is 41.3. The van der Waals surface area contributed by atoms with Crippen LogP contribution in [0.5, 0.6) is 0 Å². The molecule has 1 aliphatic carbocycles. The van der Waals surface area contributed by atoms with Crippen LogP contribution in [-0.4, -0.2) is 0 Å². The van der Waals surface area contributed by atoms with Gasteiger partial charge >= 0.3 is 0 Å². The van der Waals surface area contributed by atoms with Crippen LogP contribution in [0.2, 0.25) is 0 Å². The van der Waals surface area contributed by atoms with Crippen molar-refractivity contribution >= 4 is 17.1 Å². The van der Waals surface area contributed by atoms with Gasteiger partial charge in [-0.2, -0.15) is 0 Å². The monoisotopic (exact) mass is 789 g/mol. The van der Waals surface area contributed by atoms with Crippen LogP contribution in [0, 0.1) is 0 Å². The highest BCUT2D eigenvalue weighted by Crippen LogP contribution is 2.55. The number of rotatable bonds is 8. The van der Waals surface area contributed by atoms with E-state index in [0.717, 1.165) is 22.6 Å². The number of benzene rings is 10. The molecule has 0 bridgehead atoms. The highest BCUT2D eigenvalue weighted by Gasteiger charge is 2.43. The molecule has 0 unspecified atom stereocenters. The lowest BCUT2D eigenvalue weighted by Crippen LogP contribution is -2.31. The maximum absolute atomic E-state index is 2.42. The van der Waals surface area contributed by atoms with Gasteiger partial charge in [-0.15, -0.1) is 0 Å². The Bertz CT molecular complexity index is 2980. The second-order valence-electron chi connectivity index (χ2n) is 16.0. The first-order valence-corrected chi connectivity index (χ1v) is 21.4. The maximum atomic E-state index is 2.42. The molecule has 0 atom stereocenters. The molecular weight excluding hydrogens is 747 g/mol. The molecule has 1 aliphatic rings. The third-order valence-corrected chi connectivity index (χ3v) is 12.6. The quantitative estimate of drug-likeness (QED) is 0.148. The highest BCUT2D eigenvalue weighted by atomic mass is 15.1. The molecule has 0 aromatic heterocycles. The molecule has 0 radical (unpaired) electrons. The molecule has 0 N–H and O–H groups in total. The van der Waals surface area contributed by atoms with Gasteiger partial charge in [0, 0.05) is 17.1 Å². The third-order valence-electron chi connectivity index (χ3n) is 12.6. The van der Waals surface area contributed by atoms with E-state index in [0.29, 0.717) is 0 Å². The van der Waals surface area contributed by atoms with E-state index in [1.165, 1.54) is 72.3 Å². The highest BCUT2D eigenvalue weighted by molar-refractivity contribution is 5.93. The lowest BCUT2D eigenvalue weighted by molar-refractivity contribution is 0.752. The second kappa shape index (κ2) is 15.9. The molecule has 11 rings (SSSR count). The van der Waals surface area contributed by atoms with Crippen LogP contribution >= 0.6 is 0 Å². The second-order valence-corrected chi connectivity index (χ2v) is 16.0. The fourth-order valence-electron chi connectivity index (χ4n) is 9.71. The van der Waals surface area contributed by atoms with E-state index in [2.05, 4.69) is 266 Å². The summed E-state index contributed by atoms with van der Waals surface area (Å²) in [6.45, 7) is 0. The topological polar surface area (TPSA) is 3.24 Å². The number of anilines is 3. The molecule has 292 valence electrons. The Balaban J connectivity index is 1.03. The third kappa shape index (κ3) is 6.43. The molecule has 10 aromatic rings. The molecule has 0 aliphatic heterocycles. The molecule has 0 heterocycles. The Kier molecular flexibility index (Phi) is 9.48. The van der Waals surface area contributed by atoms with E-state index in [-0.39, 0.29) is 0 Å². The zero-order valence-electron chi connectivity index (χ0n) is 34.3. The predicted molar refractivity (Wildman–Crippen MR) is 260 cm³/mol. The van der Waals surface area contributed by atoms with Gasteiger partial charge in [0.1, 0.15) is 0 Å². The molecule has 10 aromatic carbocycles. The molecule has 0 spiro atoms. The molecule has 0 saturated heterocycles. The fraction of sp³-hybridized carbons (Fsp3) is 0.0164. The van der Waals surface area contributed by atoms with Crippen molar-refractivity contribution < 1.29 is 0 Å². The van der Waals surface area contributed by atoms with Crippen LogP contribution in [0.25, 0.3) is 55.6 Å². The number of fused-ring (bicyclic) bond motifs is 5. The van der Waals surface area contributed by atoms with Gasteiger partial charge in [0.05, 0.1) is 5.41 Å². The Hall–Kier alpha value is -8.00. The van der Waals surface area contributed by atoms with Crippen molar-refractivity contribution in [3.05, 3.63) is 283 Å². The van der Waals surface area contributed by atoms with Gasteiger partial charge in [-0.25, -0.2) is 0 Å². The summed E-state index contributed by atoms with van der Waals surface area (Å²) >= 11 is 0. The Labute approximate surface area is 364 Å². The van der Waals surface area contributed by atoms with Crippen molar-refractivity contribution in [2.45, 2.75) is 5.41 Å². The minimum atomic E-state index is -0.585. The Morgan fingerprint density at radius 3 is 1.00 bits per heavy atom. The first-order chi connectivity index (χ1) is 30.8. The van der Waals surface area contributed by atoms with Gasteiger partial charge in [-0.1, -0.05) is 218 Å². The van der Waals surface area contributed by atoms with Crippen LogP contribution in [-0.2, 0) is 5.41 Å². The van der Waals surface area contributed by atoms with Crippen molar-refractivity contribution in [3.63, 3.8) is 0 Å². The Morgan fingerprint density at radius 2 is 0.548 bits per heavy atom. The molecule has 0 amide bonds. The summed E-state index contributed by atoms with van der Waals surface area (Å²) in [7, 11) is 0. The summed E-state index contributed by atoms with van der Waals surface area (Å²) < 4.78 is 0. The van der Waals surface area contributed by atoms with Crippen LogP contribution in [0.3, 0.4) is 0 Å². The van der Waals surface area contributed by atoms with Crippen molar-refractivity contribution in [2.24, 2.45) is 0 Å². The van der Waals surface area contributed by atoms with Gasteiger partial charge in [0.2, 0.25) is 0 Å². The van der Waals surface area contributed by atoms with Gasteiger partial charge in [-0.05, 0) is 120 Å². The number of hydrogen-bond donors (Lipinski definition) is 0. The standard InChI is InChI=1S/C61H43N/c1-4-17-44(18-5-1)46-31-37-52(38-32-46)62(53-39-33-47(34-40-53)45-19-6-2-7-20-45)54-41-35-48(36-42-54)49-21-16-24-51(43-49)61(50-22-8-3-9-23-50)59-29-14-12-27-57(59)55-25-10-11-26-56(55)58-28-13-15-30-60(58)61/h1-43H. The summed E-state index contributed by atoms with van der Waals surface area (Å²) in [5.74, 6) is 0. The first kappa shape index (κ1) is 37.0. The largest absolute Gasteiger partial charge is 0.311 e. The van der Waals surface area contributed by atoms with E-state index in [4.69, 9.17) is 0 Å². The van der Waals surface area contributed by atoms with Crippen molar-refractivity contribution in [3.8, 4) is 55.6 Å². The summed E-state index contributed by atoms with van der Waals surface area (Å²) in [6.07, 6.45) is 0. The number of hydrogen-bond acceptors (Lipinski definition) is 1. The predicted octanol–water partition coefficient (Wildman–Crippen LogP) is 16.2. The van der Waals surface area contributed by atoms with Gasteiger partial charge in [0.25, 0.3) is 0 Å². The minimum Gasteiger partial charge on any atom is -0.311 e. The summed E-state index contributed by atoms with van der Waals surface area (Å²) in [4.78, 5) is 2.35. The minimum absolute atomic E-state index is 0.585. The molecule has 1 nitrogen and oxygen atoms in total. The van der Waals surface area contributed by atoms with E-state index in [9.17, 15) is 0 Å². The van der Waals surface area contributed by atoms with E-state index >= 15 is 0 Å². The normalized spacial score (nSPS) is 12.3. The maximum Gasteiger partial charge on any atom is 0.0713 e. The molecule has 1 heteroatoms. The van der Waals surface area contributed by atoms with Gasteiger partial charge in [-0.3, -0.25) is 0 Å². The van der Waals surface area contributed by atoms with Crippen LogP contribution in [0.15, 0.2) is 261 Å². The molecule has 0 saturated carbocycles. The van der Waals surface area contributed by atoms with Gasteiger partial charge in [0.15, 0.2) is 0 Å². The van der Waals surface area contributed by atoms with Crippen molar-refractivity contribution in [2.75, 3.05) is 4.90 Å². The SMILES string of the molecule is c1ccc(-c2ccc(N(c3ccc(-c4ccccc4)cc3)c3ccc(-c4cccc(C5(c6ccccc6)c6ccccc6-c6ccccc6-c6ccccc65)c4)cc3)cc2)cc1. The average Bonchev–Trinajstić information content (AvgIpc) is 3.47. The summed E-state index contributed by atoms with van der Waals surface area (Å²) in [6, 6.07) is 95.3. The molecular formula is C61H43N. The average molecular weight is 790 g/mol. The summed E-state index contributed by atoms with van der Waals surface area (Å²) in [5, 5.41) is 0. The number of nitrogens with zero attached hydrogens (tertiary/aromatic N) is 1. The van der Waals surface area contributed by atoms with Gasteiger partial charge < -0.3 is 4.90 Å². The lowest BCUT2D eigenvalue weighted by atomic mass is 9.63. The van der Waals surface area contributed by atoms with E-state index < -0.39 is 5.41 Å². The Morgan fingerprint density at radius 1 is 0.226 bits per heavy atom. The zero-order valence-corrected chi connectivity index (χ0v) is 34.3. The van der Waals surface area contributed by atoms with Crippen LogP contribution in [0.1, 0.15) is 22.3 Å². The van der Waals surface area contributed by atoms with Crippen LogP contribution in [0.4, 0.5) is 17.1 Å². The van der Waals surface area contributed by atoms with E-state index in [1.54, 1.807) is 0 Å². The fourth-order valence-corrected chi connectivity index (χ4v) is 9.71. The van der Waals surface area contributed by atoms with Crippen molar-refractivity contribution in [1.82, 2.24) is 0 Å². The summed E-state index contributed by atoms with van der Waals surface area (Å²) in [5.41, 5.74) is 19.9.